The van der Waals surface area contributed by atoms with Gasteiger partial charge in [-0.05, 0) is 42.3 Å². The predicted octanol–water partition coefficient (Wildman–Crippen LogP) is 2.68. The van der Waals surface area contributed by atoms with Crippen molar-refractivity contribution in [2.24, 2.45) is 4.99 Å². The molecule has 0 amide bonds. The number of aliphatic imine (C=N–C) groups is 1. The molecule has 1 aliphatic rings. The Morgan fingerprint density at radius 1 is 1.04 bits per heavy atom. The van der Waals surface area contributed by atoms with Crippen molar-refractivity contribution >= 4 is 5.96 Å². The summed E-state index contributed by atoms with van der Waals surface area (Å²) in [7, 11) is 1.67. The number of methoxy groups -OCH3 is 1. The molecule has 0 bridgehead atoms. The Morgan fingerprint density at radius 3 is 2.56 bits per heavy atom. The van der Waals surface area contributed by atoms with Gasteiger partial charge in [0.2, 0.25) is 6.79 Å². The van der Waals surface area contributed by atoms with Crippen molar-refractivity contribution in [1.82, 2.24) is 10.6 Å². The highest BCUT2D eigenvalue weighted by Crippen LogP contribution is 2.32. The maximum atomic E-state index is 5.41. The number of hydrogen-bond acceptors (Lipinski definition) is 4. The van der Waals surface area contributed by atoms with Crippen LogP contribution in [0.15, 0.2) is 47.5 Å². The second-order valence-electron chi connectivity index (χ2n) is 5.58. The van der Waals surface area contributed by atoms with Gasteiger partial charge in [-0.2, -0.15) is 0 Å². The van der Waals surface area contributed by atoms with E-state index in [4.69, 9.17) is 14.2 Å². The van der Waals surface area contributed by atoms with Gasteiger partial charge in [0.25, 0.3) is 0 Å². The van der Waals surface area contributed by atoms with E-state index < -0.39 is 0 Å². The molecule has 0 spiro atoms. The van der Waals surface area contributed by atoms with Crippen molar-refractivity contribution in [2.75, 3.05) is 20.4 Å². The fraction of sp³-hybridized carbons (Fsp3) is 0.316. The first-order valence-corrected chi connectivity index (χ1v) is 8.32. The summed E-state index contributed by atoms with van der Waals surface area (Å²) < 4.78 is 15.9. The molecule has 2 aromatic rings. The Morgan fingerprint density at radius 2 is 1.80 bits per heavy atom. The topological polar surface area (TPSA) is 64.1 Å². The molecule has 0 saturated heterocycles. The van der Waals surface area contributed by atoms with Crippen LogP contribution in [0, 0.1) is 0 Å². The van der Waals surface area contributed by atoms with Crippen LogP contribution in [-0.4, -0.2) is 26.4 Å². The molecule has 132 valence electrons. The molecule has 6 heteroatoms. The van der Waals surface area contributed by atoms with Crippen LogP contribution in [0.3, 0.4) is 0 Å². The zero-order chi connectivity index (χ0) is 17.5. The lowest BCUT2D eigenvalue weighted by atomic mass is 10.2. The smallest absolute Gasteiger partial charge is 0.231 e. The Kier molecular flexibility index (Phi) is 5.61. The molecule has 0 fully saturated rings. The average Bonchev–Trinajstić information content (AvgIpc) is 3.12. The van der Waals surface area contributed by atoms with Gasteiger partial charge >= 0.3 is 0 Å². The fourth-order valence-corrected chi connectivity index (χ4v) is 2.48. The van der Waals surface area contributed by atoms with E-state index >= 15 is 0 Å². The van der Waals surface area contributed by atoms with E-state index in [1.165, 1.54) is 0 Å². The van der Waals surface area contributed by atoms with Crippen molar-refractivity contribution in [3.8, 4) is 17.2 Å². The van der Waals surface area contributed by atoms with Crippen LogP contribution >= 0.6 is 0 Å². The van der Waals surface area contributed by atoms with Crippen LogP contribution in [0.1, 0.15) is 18.1 Å². The van der Waals surface area contributed by atoms with Crippen LogP contribution in [0.25, 0.3) is 0 Å². The van der Waals surface area contributed by atoms with E-state index in [0.717, 1.165) is 40.9 Å². The number of rotatable bonds is 6. The van der Waals surface area contributed by atoms with E-state index in [0.29, 0.717) is 13.1 Å². The third-order valence-electron chi connectivity index (χ3n) is 3.82. The summed E-state index contributed by atoms with van der Waals surface area (Å²) in [5, 5.41) is 6.60. The molecule has 0 aromatic heterocycles. The minimum atomic E-state index is 0.286. The van der Waals surface area contributed by atoms with Crippen molar-refractivity contribution in [2.45, 2.75) is 20.0 Å². The highest BCUT2D eigenvalue weighted by Gasteiger charge is 2.12. The van der Waals surface area contributed by atoms with Crippen LogP contribution < -0.4 is 24.8 Å². The monoisotopic (exact) mass is 341 g/mol. The van der Waals surface area contributed by atoms with Crippen molar-refractivity contribution in [3.05, 3.63) is 53.6 Å². The molecule has 0 aliphatic carbocycles. The predicted molar refractivity (Wildman–Crippen MR) is 97.2 cm³/mol. The summed E-state index contributed by atoms with van der Waals surface area (Å²) in [4.78, 5) is 4.63. The van der Waals surface area contributed by atoms with Gasteiger partial charge in [0, 0.05) is 13.1 Å². The molecular weight excluding hydrogens is 318 g/mol. The SMILES string of the molecule is CCNC(=NCc1ccc2c(c1)OCO2)NCc1ccc(OC)cc1. The van der Waals surface area contributed by atoms with Gasteiger partial charge in [-0.15, -0.1) is 0 Å². The van der Waals surface area contributed by atoms with Gasteiger partial charge < -0.3 is 24.8 Å². The first-order valence-electron chi connectivity index (χ1n) is 8.32. The molecule has 1 heterocycles. The van der Waals surface area contributed by atoms with E-state index in [9.17, 15) is 0 Å². The fourth-order valence-electron chi connectivity index (χ4n) is 2.48. The molecule has 0 atom stereocenters. The molecule has 6 nitrogen and oxygen atoms in total. The Hall–Kier alpha value is -2.89. The summed E-state index contributed by atoms with van der Waals surface area (Å²) in [6.45, 7) is 4.39. The highest BCUT2D eigenvalue weighted by molar-refractivity contribution is 5.79. The van der Waals surface area contributed by atoms with E-state index in [1.54, 1.807) is 7.11 Å². The third kappa shape index (κ3) is 4.56. The molecule has 0 saturated carbocycles. The Balaban J connectivity index is 1.60. The average molecular weight is 341 g/mol. The lowest BCUT2D eigenvalue weighted by molar-refractivity contribution is 0.174. The van der Waals surface area contributed by atoms with Gasteiger partial charge in [0.15, 0.2) is 17.5 Å². The number of guanidine groups is 1. The van der Waals surface area contributed by atoms with E-state index in [1.807, 2.05) is 49.4 Å². The summed E-state index contributed by atoms with van der Waals surface area (Å²) in [5.74, 6) is 3.20. The Bertz CT molecular complexity index is 729. The number of hydrogen-bond donors (Lipinski definition) is 2. The highest BCUT2D eigenvalue weighted by atomic mass is 16.7. The third-order valence-corrected chi connectivity index (χ3v) is 3.82. The molecule has 3 rings (SSSR count). The summed E-state index contributed by atoms with van der Waals surface area (Å²) in [5.41, 5.74) is 2.24. The minimum absolute atomic E-state index is 0.286. The molecule has 0 unspecified atom stereocenters. The summed E-state index contributed by atoms with van der Waals surface area (Å²) in [6.07, 6.45) is 0. The van der Waals surface area contributed by atoms with Gasteiger partial charge in [-0.3, -0.25) is 0 Å². The van der Waals surface area contributed by atoms with Crippen molar-refractivity contribution < 1.29 is 14.2 Å². The summed E-state index contributed by atoms with van der Waals surface area (Å²) >= 11 is 0. The quantitative estimate of drug-likeness (QED) is 0.625. The van der Waals surface area contributed by atoms with Crippen LogP contribution in [0.2, 0.25) is 0 Å². The van der Waals surface area contributed by atoms with Gasteiger partial charge in [-0.25, -0.2) is 4.99 Å². The first-order chi connectivity index (χ1) is 12.3. The van der Waals surface area contributed by atoms with E-state index in [2.05, 4.69) is 15.6 Å². The lowest BCUT2D eigenvalue weighted by Gasteiger charge is -2.12. The number of ether oxygens (including phenoxy) is 3. The standard InChI is InChI=1S/C19H23N3O3/c1-3-20-19(21-11-14-4-7-16(23-2)8-5-14)22-12-15-6-9-17-18(10-15)25-13-24-17/h4-10H,3,11-13H2,1-2H3,(H2,20,21,22). The first kappa shape index (κ1) is 17.0. The van der Waals surface area contributed by atoms with E-state index in [-0.39, 0.29) is 6.79 Å². The Labute approximate surface area is 147 Å². The molecule has 0 radical (unpaired) electrons. The number of nitrogens with zero attached hydrogens (tertiary/aromatic N) is 1. The molecule has 25 heavy (non-hydrogen) atoms. The second-order valence-corrected chi connectivity index (χ2v) is 5.58. The molecule has 2 aromatic carbocycles. The lowest BCUT2D eigenvalue weighted by Crippen LogP contribution is -2.36. The van der Waals surface area contributed by atoms with Crippen LogP contribution in [0.4, 0.5) is 0 Å². The summed E-state index contributed by atoms with van der Waals surface area (Å²) in [6, 6.07) is 13.9. The van der Waals surface area contributed by atoms with Gasteiger partial charge in [0.05, 0.1) is 13.7 Å². The number of fused-ring (bicyclic) bond motifs is 1. The van der Waals surface area contributed by atoms with Gasteiger partial charge in [-0.1, -0.05) is 18.2 Å². The molecule has 2 N–H and O–H groups in total. The van der Waals surface area contributed by atoms with Crippen molar-refractivity contribution in [1.29, 1.82) is 0 Å². The number of benzene rings is 2. The maximum absolute atomic E-state index is 5.41. The number of nitrogens with one attached hydrogen (secondary N) is 2. The minimum Gasteiger partial charge on any atom is -0.497 e. The van der Waals surface area contributed by atoms with Crippen LogP contribution in [-0.2, 0) is 13.1 Å². The largest absolute Gasteiger partial charge is 0.497 e. The zero-order valence-electron chi connectivity index (χ0n) is 14.5. The van der Waals surface area contributed by atoms with Crippen LogP contribution in [0.5, 0.6) is 17.2 Å². The normalized spacial score (nSPS) is 12.8. The van der Waals surface area contributed by atoms with Crippen molar-refractivity contribution in [3.63, 3.8) is 0 Å². The molecular formula is C19H23N3O3. The second kappa shape index (κ2) is 8.28. The maximum Gasteiger partial charge on any atom is 0.231 e. The zero-order valence-corrected chi connectivity index (χ0v) is 14.5. The van der Waals surface area contributed by atoms with Gasteiger partial charge in [0.1, 0.15) is 5.75 Å². The molecule has 1 aliphatic heterocycles.